The third-order valence-corrected chi connectivity index (χ3v) is 4.24. The third-order valence-electron chi connectivity index (χ3n) is 2.74. The normalized spacial score (nSPS) is 10.5. The number of hydrogen-bond donors (Lipinski definition) is 0. The van der Waals surface area contributed by atoms with Crippen molar-refractivity contribution < 1.29 is 9.53 Å². The fraction of sp³-hybridized carbons (Fsp3) is 0.286. The van der Waals surface area contributed by atoms with Crippen LogP contribution in [0.25, 0.3) is 0 Å². The van der Waals surface area contributed by atoms with Crippen molar-refractivity contribution in [2.75, 3.05) is 7.11 Å². The Kier molecular flexibility index (Phi) is 4.22. The van der Waals surface area contributed by atoms with E-state index in [2.05, 4.69) is 4.98 Å². The lowest BCUT2D eigenvalue weighted by molar-refractivity contribution is 0.102. The highest BCUT2D eigenvalue weighted by molar-refractivity contribution is 7.13. The summed E-state index contributed by atoms with van der Waals surface area (Å²) in [7, 11) is 1.63. The van der Waals surface area contributed by atoms with Crippen LogP contribution in [0.3, 0.4) is 0 Å². The van der Waals surface area contributed by atoms with E-state index in [1.807, 2.05) is 19.1 Å². The van der Waals surface area contributed by atoms with E-state index < -0.39 is 0 Å². The maximum absolute atomic E-state index is 11.4. The molecule has 1 aromatic carbocycles. The minimum Gasteiger partial charge on any atom is -0.496 e. The molecule has 0 unspecified atom stereocenters. The van der Waals surface area contributed by atoms with Gasteiger partial charge in [-0.1, -0.05) is 11.6 Å². The van der Waals surface area contributed by atoms with Gasteiger partial charge in [-0.25, -0.2) is 4.98 Å². The number of benzene rings is 1. The number of aryl methyl sites for hydroxylation is 1. The van der Waals surface area contributed by atoms with Crippen molar-refractivity contribution in [2.24, 2.45) is 0 Å². The molecule has 0 aliphatic heterocycles. The fourth-order valence-corrected chi connectivity index (χ4v) is 3.08. The standard InChI is InChI=1S/C14H14ClNO2S/c1-8-14(9(2)17)19-13(16-8)7-10-6-11(15)4-5-12(10)18-3/h4-6H,7H2,1-3H3. The molecule has 0 saturated heterocycles. The van der Waals surface area contributed by atoms with Crippen molar-refractivity contribution in [3.8, 4) is 5.75 Å². The summed E-state index contributed by atoms with van der Waals surface area (Å²) < 4.78 is 5.31. The van der Waals surface area contributed by atoms with E-state index in [1.54, 1.807) is 20.1 Å². The number of nitrogens with zero attached hydrogens (tertiary/aromatic N) is 1. The molecule has 0 bridgehead atoms. The molecule has 0 amide bonds. The Morgan fingerprint density at radius 3 is 2.79 bits per heavy atom. The highest BCUT2D eigenvalue weighted by atomic mass is 35.5. The first kappa shape index (κ1) is 14.0. The van der Waals surface area contributed by atoms with Crippen molar-refractivity contribution in [3.63, 3.8) is 0 Å². The first-order valence-electron chi connectivity index (χ1n) is 5.81. The van der Waals surface area contributed by atoms with Gasteiger partial charge in [0.15, 0.2) is 5.78 Å². The molecule has 0 fully saturated rings. The first-order valence-corrected chi connectivity index (χ1v) is 7.00. The summed E-state index contributed by atoms with van der Waals surface area (Å²) >= 11 is 7.43. The van der Waals surface area contributed by atoms with E-state index in [-0.39, 0.29) is 5.78 Å². The second kappa shape index (κ2) is 5.72. The molecule has 0 aliphatic carbocycles. The van der Waals surface area contributed by atoms with E-state index in [1.165, 1.54) is 11.3 Å². The quantitative estimate of drug-likeness (QED) is 0.803. The molecule has 0 N–H and O–H groups in total. The Labute approximate surface area is 121 Å². The minimum atomic E-state index is 0.0549. The molecule has 0 saturated carbocycles. The summed E-state index contributed by atoms with van der Waals surface area (Å²) in [6.07, 6.45) is 0.614. The van der Waals surface area contributed by atoms with Crippen LogP contribution in [0.5, 0.6) is 5.75 Å². The fourth-order valence-electron chi connectivity index (χ4n) is 1.90. The highest BCUT2D eigenvalue weighted by Crippen LogP contribution is 2.27. The average Bonchev–Trinajstić information content (AvgIpc) is 2.71. The predicted molar refractivity (Wildman–Crippen MR) is 77.7 cm³/mol. The summed E-state index contributed by atoms with van der Waals surface area (Å²) in [5.41, 5.74) is 1.76. The summed E-state index contributed by atoms with van der Waals surface area (Å²) in [5, 5.41) is 1.55. The summed E-state index contributed by atoms with van der Waals surface area (Å²) in [6, 6.07) is 5.49. The summed E-state index contributed by atoms with van der Waals surface area (Å²) in [6.45, 7) is 3.41. The van der Waals surface area contributed by atoms with Crippen LogP contribution in [-0.4, -0.2) is 17.9 Å². The van der Waals surface area contributed by atoms with Crippen molar-refractivity contribution >= 4 is 28.7 Å². The molecule has 1 heterocycles. The van der Waals surface area contributed by atoms with Gasteiger partial charge in [-0.3, -0.25) is 4.79 Å². The van der Waals surface area contributed by atoms with Crippen LogP contribution >= 0.6 is 22.9 Å². The molecular formula is C14H14ClNO2S. The number of methoxy groups -OCH3 is 1. The largest absolute Gasteiger partial charge is 0.496 e. The van der Waals surface area contributed by atoms with Gasteiger partial charge in [-0.2, -0.15) is 0 Å². The van der Waals surface area contributed by atoms with Crippen LogP contribution in [0.4, 0.5) is 0 Å². The number of hydrogen-bond acceptors (Lipinski definition) is 4. The second-order valence-electron chi connectivity index (χ2n) is 4.21. The zero-order chi connectivity index (χ0) is 14.0. The minimum absolute atomic E-state index is 0.0549. The zero-order valence-corrected chi connectivity index (χ0v) is 12.6. The Balaban J connectivity index is 2.33. The maximum Gasteiger partial charge on any atom is 0.171 e. The van der Waals surface area contributed by atoms with Crippen molar-refractivity contribution in [1.82, 2.24) is 4.98 Å². The van der Waals surface area contributed by atoms with Gasteiger partial charge in [0.05, 0.1) is 22.7 Å². The molecular weight excluding hydrogens is 282 g/mol. The molecule has 0 spiro atoms. The number of halogens is 1. The van der Waals surface area contributed by atoms with Crippen LogP contribution in [0.1, 0.15) is 32.9 Å². The maximum atomic E-state index is 11.4. The highest BCUT2D eigenvalue weighted by Gasteiger charge is 2.13. The van der Waals surface area contributed by atoms with Crippen LogP contribution in [0, 0.1) is 6.92 Å². The molecule has 0 atom stereocenters. The van der Waals surface area contributed by atoms with Gasteiger partial charge in [0.1, 0.15) is 5.75 Å². The van der Waals surface area contributed by atoms with Crippen LogP contribution < -0.4 is 4.74 Å². The summed E-state index contributed by atoms with van der Waals surface area (Å²) in [4.78, 5) is 16.6. The van der Waals surface area contributed by atoms with Gasteiger partial charge in [0, 0.05) is 23.9 Å². The third kappa shape index (κ3) is 3.14. The number of carbonyl (C=O) groups excluding carboxylic acids is 1. The number of aromatic nitrogens is 1. The van der Waals surface area contributed by atoms with Crippen LogP contribution in [0.15, 0.2) is 18.2 Å². The van der Waals surface area contributed by atoms with Gasteiger partial charge in [-0.15, -0.1) is 11.3 Å². The first-order chi connectivity index (χ1) is 9.01. The van der Waals surface area contributed by atoms with Gasteiger partial charge in [-0.05, 0) is 25.1 Å². The molecule has 3 nitrogen and oxygen atoms in total. The smallest absolute Gasteiger partial charge is 0.171 e. The molecule has 19 heavy (non-hydrogen) atoms. The molecule has 0 aliphatic rings. The monoisotopic (exact) mass is 295 g/mol. The SMILES string of the molecule is COc1ccc(Cl)cc1Cc1nc(C)c(C(C)=O)s1. The number of thiazole rings is 1. The average molecular weight is 296 g/mol. The molecule has 5 heteroatoms. The number of ether oxygens (including phenoxy) is 1. The number of Topliss-reactive ketones (excluding diaryl/α,β-unsaturated/α-hetero) is 1. The Morgan fingerprint density at radius 1 is 1.47 bits per heavy atom. The Hall–Kier alpha value is -1.39. The molecule has 2 aromatic rings. The van der Waals surface area contributed by atoms with E-state index in [4.69, 9.17) is 16.3 Å². The van der Waals surface area contributed by atoms with Gasteiger partial charge >= 0.3 is 0 Å². The lowest BCUT2D eigenvalue weighted by Gasteiger charge is -2.07. The van der Waals surface area contributed by atoms with Crippen LogP contribution in [0.2, 0.25) is 5.02 Å². The van der Waals surface area contributed by atoms with Gasteiger partial charge in [0.2, 0.25) is 0 Å². The van der Waals surface area contributed by atoms with E-state index in [9.17, 15) is 4.79 Å². The number of ketones is 1. The van der Waals surface area contributed by atoms with E-state index >= 15 is 0 Å². The molecule has 100 valence electrons. The van der Waals surface area contributed by atoms with Crippen molar-refractivity contribution in [2.45, 2.75) is 20.3 Å². The second-order valence-corrected chi connectivity index (χ2v) is 5.73. The summed E-state index contributed by atoms with van der Waals surface area (Å²) in [5.74, 6) is 0.834. The van der Waals surface area contributed by atoms with Gasteiger partial charge in [0.25, 0.3) is 0 Å². The number of rotatable bonds is 4. The molecule has 1 aromatic heterocycles. The topological polar surface area (TPSA) is 39.2 Å². The van der Waals surface area contributed by atoms with Crippen molar-refractivity contribution in [3.05, 3.63) is 44.4 Å². The molecule has 2 rings (SSSR count). The van der Waals surface area contributed by atoms with Gasteiger partial charge < -0.3 is 4.74 Å². The molecule has 0 radical (unpaired) electrons. The lowest BCUT2D eigenvalue weighted by Crippen LogP contribution is -1.93. The van der Waals surface area contributed by atoms with E-state index in [0.717, 1.165) is 26.9 Å². The lowest BCUT2D eigenvalue weighted by atomic mass is 10.1. The predicted octanol–water partition coefficient (Wildman–Crippen LogP) is 3.91. The number of carbonyl (C=O) groups is 1. The zero-order valence-electron chi connectivity index (χ0n) is 11.0. The van der Waals surface area contributed by atoms with Crippen LogP contribution in [-0.2, 0) is 6.42 Å². The van der Waals surface area contributed by atoms with E-state index in [0.29, 0.717) is 11.4 Å². The van der Waals surface area contributed by atoms with Crippen molar-refractivity contribution in [1.29, 1.82) is 0 Å². The Bertz CT molecular complexity index is 622. The Morgan fingerprint density at radius 2 is 2.21 bits per heavy atom.